The van der Waals surface area contributed by atoms with Crippen LogP contribution in [0.2, 0.25) is 5.02 Å². The van der Waals surface area contributed by atoms with Gasteiger partial charge in [0.05, 0.1) is 4.88 Å². The van der Waals surface area contributed by atoms with Gasteiger partial charge in [-0.3, -0.25) is 4.79 Å². The smallest absolute Gasteiger partial charge is 0.263 e. The molecule has 0 aliphatic carbocycles. The summed E-state index contributed by atoms with van der Waals surface area (Å²) in [6.07, 6.45) is 2.15. The number of aromatic amines is 1. The lowest BCUT2D eigenvalue weighted by molar-refractivity contribution is 0.0711. The minimum absolute atomic E-state index is 0.156. The summed E-state index contributed by atoms with van der Waals surface area (Å²) in [5.41, 5.74) is 2.30. The fraction of sp³-hybridized carbons (Fsp3) is 0.278. The van der Waals surface area contributed by atoms with E-state index in [0.29, 0.717) is 5.92 Å². The van der Waals surface area contributed by atoms with Gasteiger partial charge in [-0.25, -0.2) is 0 Å². The zero-order valence-electron chi connectivity index (χ0n) is 12.6. The second-order valence-corrected chi connectivity index (χ2v) is 7.41. The van der Waals surface area contributed by atoms with Crippen molar-refractivity contribution in [3.63, 3.8) is 0 Å². The van der Waals surface area contributed by atoms with Crippen molar-refractivity contribution in [2.75, 3.05) is 13.1 Å². The average molecular weight is 345 g/mol. The van der Waals surface area contributed by atoms with Gasteiger partial charge in [0.1, 0.15) is 0 Å². The molecule has 0 saturated carbocycles. The Kier molecular flexibility index (Phi) is 3.87. The Labute approximate surface area is 143 Å². The number of aromatic nitrogens is 1. The first-order chi connectivity index (χ1) is 11.2. The van der Waals surface area contributed by atoms with E-state index in [4.69, 9.17) is 11.6 Å². The molecule has 0 spiro atoms. The number of thiophene rings is 1. The molecule has 2 aromatic heterocycles. The topological polar surface area (TPSA) is 36.1 Å². The van der Waals surface area contributed by atoms with Crippen molar-refractivity contribution in [3.05, 3.63) is 57.4 Å². The highest BCUT2D eigenvalue weighted by molar-refractivity contribution is 7.12. The lowest BCUT2D eigenvalue weighted by atomic mass is 9.94. The zero-order valence-corrected chi connectivity index (χ0v) is 14.2. The number of amides is 1. The van der Waals surface area contributed by atoms with E-state index < -0.39 is 0 Å². The van der Waals surface area contributed by atoms with Crippen LogP contribution in [-0.4, -0.2) is 28.9 Å². The van der Waals surface area contributed by atoms with E-state index in [9.17, 15) is 4.79 Å². The molecule has 1 aliphatic heterocycles. The quantitative estimate of drug-likeness (QED) is 0.705. The molecule has 1 unspecified atom stereocenters. The van der Waals surface area contributed by atoms with Crippen LogP contribution in [0.5, 0.6) is 0 Å². The Morgan fingerprint density at radius 3 is 3.04 bits per heavy atom. The number of carbonyl (C=O) groups is 1. The number of piperidine rings is 1. The molecule has 1 amide bonds. The summed E-state index contributed by atoms with van der Waals surface area (Å²) in [7, 11) is 0. The van der Waals surface area contributed by atoms with Crippen molar-refractivity contribution >= 4 is 39.7 Å². The molecule has 0 radical (unpaired) electrons. The maximum Gasteiger partial charge on any atom is 0.263 e. The molecule has 1 aliphatic rings. The van der Waals surface area contributed by atoms with E-state index in [1.54, 1.807) is 0 Å². The molecule has 23 heavy (non-hydrogen) atoms. The molecule has 1 aromatic carbocycles. The van der Waals surface area contributed by atoms with Gasteiger partial charge in [0, 0.05) is 40.6 Å². The van der Waals surface area contributed by atoms with Crippen LogP contribution in [0.1, 0.15) is 34.1 Å². The number of hydrogen-bond donors (Lipinski definition) is 1. The van der Waals surface area contributed by atoms with Crippen LogP contribution in [0.25, 0.3) is 10.9 Å². The molecule has 0 bridgehead atoms. The van der Waals surface area contributed by atoms with Gasteiger partial charge in [-0.1, -0.05) is 17.7 Å². The number of rotatable bonds is 2. The third-order valence-electron chi connectivity index (χ3n) is 4.48. The van der Waals surface area contributed by atoms with Crippen LogP contribution >= 0.6 is 22.9 Å². The van der Waals surface area contributed by atoms with Crippen molar-refractivity contribution < 1.29 is 4.79 Å². The lowest BCUT2D eigenvalue weighted by Crippen LogP contribution is -2.38. The molecule has 1 fully saturated rings. The molecular weight excluding hydrogens is 328 g/mol. The van der Waals surface area contributed by atoms with Crippen molar-refractivity contribution in [1.82, 2.24) is 9.88 Å². The van der Waals surface area contributed by atoms with Gasteiger partial charge < -0.3 is 9.88 Å². The van der Waals surface area contributed by atoms with Gasteiger partial charge >= 0.3 is 0 Å². The van der Waals surface area contributed by atoms with Gasteiger partial charge in [0.2, 0.25) is 0 Å². The number of carbonyl (C=O) groups excluding carboxylic acids is 1. The summed E-state index contributed by atoms with van der Waals surface area (Å²) in [6, 6.07) is 11.9. The maximum absolute atomic E-state index is 12.6. The van der Waals surface area contributed by atoms with E-state index in [0.717, 1.165) is 46.7 Å². The minimum atomic E-state index is 0.156. The Morgan fingerprint density at radius 1 is 1.30 bits per heavy atom. The van der Waals surface area contributed by atoms with Crippen LogP contribution in [0.4, 0.5) is 0 Å². The van der Waals surface area contributed by atoms with E-state index in [1.807, 2.05) is 40.6 Å². The number of hydrogen-bond acceptors (Lipinski definition) is 2. The second-order valence-electron chi connectivity index (χ2n) is 6.02. The highest BCUT2D eigenvalue weighted by atomic mass is 35.5. The SMILES string of the molecule is O=C(c1cccs1)N1CCCC(c2cc3cc(Cl)ccc3[nH]2)C1. The number of likely N-dealkylation sites (tertiary alicyclic amines) is 1. The number of fused-ring (bicyclic) bond motifs is 1. The molecule has 1 N–H and O–H groups in total. The number of H-pyrrole nitrogens is 1. The van der Waals surface area contributed by atoms with E-state index in [2.05, 4.69) is 11.1 Å². The van der Waals surface area contributed by atoms with Crippen LogP contribution in [0, 0.1) is 0 Å². The van der Waals surface area contributed by atoms with Crippen LogP contribution in [0.15, 0.2) is 41.8 Å². The lowest BCUT2D eigenvalue weighted by Gasteiger charge is -2.32. The third-order valence-corrected chi connectivity index (χ3v) is 5.58. The first-order valence-electron chi connectivity index (χ1n) is 7.81. The molecular formula is C18H17ClN2OS. The predicted molar refractivity (Wildman–Crippen MR) is 95.5 cm³/mol. The largest absolute Gasteiger partial charge is 0.358 e. The second kappa shape index (κ2) is 6.02. The van der Waals surface area contributed by atoms with Crippen LogP contribution in [-0.2, 0) is 0 Å². The zero-order chi connectivity index (χ0) is 15.8. The average Bonchev–Trinajstić information content (AvgIpc) is 3.23. The fourth-order valence-electron chi connectivity index (χ4n) is 3.32. The van der Waals surface area contributed by atoms with E-state index in [1.165, 1.54) is 17.0 Å². The summed E-state index contributed by atoms with van der Waals surface area (Å²) in [5.74, 6) is 0.516. The maximum atomic E-state index is 12.6. The Balaban J connectivity index is 1.57. The number of halogens is 1. The van der Waals surface area contributed by atoms with Gasteiger partial charge in [0.15, 0.2) is 0 Å². The monoisotopic (exact) mass is 344 g/mol. The fourth-order valence-corrected chi connectivity index (χ4v) is 4.19. The van der Waals surface area contributed by atoms with Crippen LogP contribution in [0.3, 0.4) is 0 Å². The number of nitrogens with one attached hydrogen (secondary N) is 1. The molecule has 5 heteroatoms. The summed E-state index contributed by atoms with van der Waals surface area (Å²) < 4.78 is 0. The third kappa shape index (κ3) is 2.89. The molecule has 1 atom stereocenters. The number of nitrogens with zero attached hydrogens (tertiary/aromatic N) is 1. The Morgan fingerprint density at radius 2 is 2.22 bits per heavy atom. The predicted octanol–water partition coefficient (Wildman–Crippen LogP) is 4.90. The Bertz CT molecular complexity index is 840. The van der Waals surface area contributed by atoms with Crippen molar-refractivity contribution in [2.45, 2.75) is 18.8 Å². The summed E-state index contributed by atoms with van der Waals surface area (Å²) in [6.45, 7) is 1.62. The molecule has 3 nitrogen and oxygen atoms in total. The summed E-state index contributed by atoms with van der Waals surface area (Å²) in [4.78, 5) is 18.9. The highest BCUT2D eigenvalue weighted by Crippen LogP contribution is 2.30. The number of benzene rings is 1. The van der Waals surface area contributed by atoms with Crippen molar-refractivity contribution in [2.24, 2.45) is 0 Å². The first-order valence-corrected chi connectivity index (χ1v) is 9.07. The minimum Gasteiger partial charge on any atom is -0.358 e. The highest BCUT2D eigenvalue weighted by Gasteiger charge is 2.26. The summed E-state index contributed by atoms with van der Waals surface area (Å²) >= 11 is 7.58. The standard InChI is InChI=1S/C18H17ClN2OS/c19-14-5-6-15-13(9-14)10-16(20-15)12-3-1-7-21(11-12)18(22)17-4-2-8-23-17/h2,4-6,8-10,12,20H,1,3,7,11H2. The first kappa shape index (κ1) is 14.8. The van der Waals surface area contributed by atoms with Gasteiger partial charge in [-0.2, -0.15) is 0 Å². The molecule has 4 rings (SSSR count). The molecule has 118 valence electrons. The normalized spacial score (nSPS) is 18.5. The molecule has 3 heterocycles. The van der Waals surface area contributed by atoms with Crippen LogP contribution < -0.4 is 0 Å². The van der Waals surface area contributed by atoms with E-state index in [-0.39, 0.29) is 5.91 Å². The van der Waals surface area contributed by atoms with Crippen molar-refractivity contribution in [1.29, 1.82) is 0 Å². The van der Waals surface area contributed by atoms with E-state index >= 15 is 0 Å². The van der Waals surface area contributed by atoms with Gasteiger partial charge in [-0.05, 0) is 48.6 Å². The van der Waals surface area contributed by atoms with Gasteiger partial charge in [0.25, 0.3) is 5.91 Å². The Hall–Kier alpha value is -1.78. The molecule has 1 saturated heterocycles. The van der Waals surface area contributed by atoms with Crippen molar-refractivity contribution in [3.8, 4) is 0 Å². The van der Waals surface area contributed by atoms with Gasteiger partial charge in [-0.15, -0.1) is 11.3 Å². The molecule has 3 aromatic rings. The summed E-state index contributed by atoms with van der Waals surface area (Å²) in [5, 5.41) is 3.84.